The zero-order valence-electron chi connectivity index (χ0n) is 33.2. The molecule has 8 bridgehead atoms. The number of allylic oxidation sites excluding steroid dienone is 4. The van der Waals surface area contributed by atoms with Crippen LogP contribution in [-0.4, -0.2) is 113 Å². The number of aliphatic hydroxyl groups is 6. The van der Waals surface area contributed by atoms with Gasteiger partial charge in [-0.25, -0.2) is 9.97 Å². The monoisotopic (exact) mass is 772 g/mol. The summed E-state index contributed by atoms with van der Waals surface area (Å²) in [6, 6.07) is 8.04. The van der Waals surface area contributed by atoms with Gasteiger partial charge in [0.1, 0.15) is 11.1 Å². The molecule has 2 amide bonds. The quantitative estimate of drug-likeness (QED) is 0.102. The Labute approximate surface area is 326 Å². The first-order valence-electron chi connectivity index (χ1n) is 19.2. The Bertz CT molecular complexity index is 2190. The Balaban J connectivity index is 1.74. The summed E-state index contributed by atoms with van der Waals surface area (Å²) >= 11 is 0. The van der Waals surface area contributed by atoms with Crippen molar-refractivity contribution in [2.24, 2.45) is 0 Å². The molecule has 10 N–H and O–H groups in total. The van der Waals surface area contributed by atoms with E-state index in [9.17, 15) is 40.2 Å². The third kappa shape index (κ3) is 8.36. The number of nitrogens with one attached hydrogen (secondary N) is 4. The summed E-state index contributed by atoms with van der Waals surface area (Å²) in [7, 11) is 0. The van der Waals surface area contributed by atoms with E-state index in [2.05, 4.69) is 54.4 Å². The van der Waals surface area contributed by atoms with E-state index < -0.39 is 62.5 Å². The lowest BCUT2D eigenvalue weighted by Gasteiger charge is -2.28. The zero-order chi connectivity index (χ0) is 40.9. The molecule has 2 aliphatic rings. The van der Waals surface area contributed by atoms with Gasteiger partial charge >= 0.3 is 0 Å². The second kappa shape index (κ2) is 17.6. The van der Waals surface area contributed by atoms with E-state index in [0.29, 0.717) is 16.9 Å². The number of aromatic nitrogens is 4. The molecule has 14 heteroatoms. The molecule has 0 atom stereocenters. The normalized spacial score (nSPS) is 13.5. The van der Waals surface area contributed by atoms with Gasteiger partial charge in [0.05, 0.1) is 62.4 Å². The number of aliphatic hydroxyl groups excluding tert-OH is 6. The highest BCUT2D eigenvalue weighted by Crippen LogP contribution is 2.37. The van der Waals surface area contributed by atoms with Gasteiger partial charge in [-0.1, -0.05) is 13.8 Å². The number of rotatable bonds is 16. The molecule has 0 saturated heterocycles. The van der Waals surface area contributed by atoms with Crippen molar-refractivity contribution in [2.45, 2.75) is 91.1 Å². The summed E-state index contributed by atoms with van der Waals surface area (Å²) in [6.07, 6.45) is 2.07. The summed E-state index contributed by atoms with van der Waals surface area (Å²) in [5, 5.41) is 63.9. The molecule has 0 saturated carbocycles. The molecule has 0 fully saturated rings. The lowest BCUT2D eigenvalue weighted by Crippen LogP contribution is -2.57. The smallest absolute Gasteiger partial charge is 0.220 e. The molecule has 0 spiro atoms. The van der Waals surface area contributed by atoms with E-state index in [0.717, 1.165) is 79.8 Å². The van der Waals surface area contributed by atoms with Gasteiger partial charge in [-0.3, -0.25) is 9.59 Å². The predicted molar refractivity (Wildman–Crippen MR) is 217 cm³/mol. The summed E-state index contributed by atoms with van der Waals surface area (Å²) in [5.74, 6) is -0.917. The van der Waals surface area contributed by atoms with Gasteiger partial charge in [0.15, 0.2) is 0 Å². The number of fused-ring (bicyclic) bond motifs is 8. The van der Waals surface area contributed by atoms with E-state index in [-0.39, 0.29) is 25.7 Å². The number of aromatic amines is 2. The van der Waals surface area contributed by atoms with Gasteiger partial charge in [0, 0.05) is 34.9 Å². The summed E-state index contributed by atoms with van der Waals surface area (Å²) in [4.78, 5) is 43.8. The largest absolute Gasteiger partial charge is 0.394 e. The highest BCUT2D eigenvalue weighted by molar-refractivity contribution is 5.95. The third-order valence-corrected chi connectivity index (χ3v) is 11.3. The van der Waals surface area contributed by atoms with E-state index in [4.69, 9.17) is 9.97 Å². The molecule has 2 aliphatic heterocycles. The highest BCUT2D eigenvalue weighted by Gasteiger charge is 2.31. The number of carbonyl (C=O) groups is 2. The summed E-state index contributed by atoms with van der Waals surface area (Å²) < 4.78 is 0. The topological polar surface area (TPSA) is 237 Å². The Kier molecular flexibility index (Phi) is 13.4. The first-order chi connectivity index (χ1) is 26.7. The molecule has 5 heterocycles. The van der Waals surface area contributed by atoms with Crippen molar-refractivity contribution >= 4 is 56.2 Å². The van der Waals surface area contributed by atoms with Gasteiger partial charge in [0.25, 0.3) is 0 Å². The van der Waals surface area contributed by atoms with Crippen LogP contribution >= 0.6 is 0 Å². The Morgan fingerprint density at radius 1 is 0.554 bits per heavy atom. The van der Waals surface area contributed by atoms with Gasteiger partial charge in [-0.15, -0.1) is 0 Å². The Morgan fingerprint density at radius 2 is 0.946 bits per heavy atom. The van der Waals surface area contributed by atoms with E-state index in [1.54, 1.807) is 0 Å². The average Bonchev–Trinajstić information content (AvgIpc) is 3.86. The fourth-order valence-electron chi connectivity index (χ4n) is 7.49. The minimum atomic E-state index is -1.56. The SMILES string of the molecule is CCC1=C(C)c2cc3[nH]c(cc4nc(cc5[nH]c(cc1n2)c(C)c5CCC(=O)NC(CO)(CO)CO)C(CCC(=O)NC(CO)(CO)CO)=C4C)c(C)c3CC. The number of hydrogen-bond acceptors (Lipinski definition) is 10. The third-order valence-electron chi connectivity index (χ3n) is 11.3. The van der Waals surface area contributed by atoms with Crippen LogP contribution < -0.4 is 10.6 Å². The van der Waals surface area contributed by atoms with E-state index in [1.165, 1.54) is 5.56 Å². The first kappa shape index (κ1) is 42.4. The second-order valence-electron chi connectivity index (χ2n) is 15.0. The average molecular weight is 773 g/mol. The fraction of sp³-hybridized carbons (Fsp3) is 0.476. The van der Waals surface area contributed by atoms with Crippen molar-refractivity contribution in [1.29, 1.82) is 0 Å². The van der Waals surface area contributed by atoms with Crippen LogP contribution in [0.25, 0.3) is 44.4 Å². The predicted octanol–water partition coefficient (Wildman–Crippen LogP) is 3.14. The van der Waals surface area contributed by atoms with Crippen molar-refractivity contribution in [1.82, 2.24) is 30.6 Å². The molecular formula is C42H56N6O8. The number of aryl methyl sites for hydroxylation is 4. The Hall–Kier alpha value is -4.70. The number of carbonyl (C=O) groups excluding carboxylic acids is 2. The molecule has 3 aromatic rings. The van der Waals surface area contributed by atoms with Crippen molar-refractivity contribution in [3.63, 3.8) is 0 Å². The van der Waals surface area contributed by atoms with Crippen LogP contribution in [-0.2, 0) is 22.4 Å². The van der Waals surface area contributed by atoms with E-state index in [1.807, 2.05) is 32.0 Å². The molecule has 302 valence electrons. The van der Waals surface area contributed by atoms with Crippen LogP contribution in [0.2, 0.25) is 0 Å². The maximum Gasteiger partial charge on any atom is 0.220 e. The lowest BCUT2D eigenvalue weighted by atomic mass is 9.98. The number of amides is 2. The van der Waals surface area contributed by atoms with Gasteiger partial charge < -0.3 is 51.2 Å². The van der Waals surface area contributed by atoms with Crippen molar-refractivity contribution in [2.75, 3.05) is 39.6 Å². The fourth-order valence-corrected chi connectivity index (χ4v) is 7.49. The van der Waals surface area contributed by atoms with Crippen molar-refractivity contribution in [3.8, 4) is 0 Å². The molecule has 0 aliphatic carbocycles. The Morgan fingerprint density at radius 3 is 1.43 bits per heavy atom. The summed E-state index contributed by atoms with van der Waals surface area (Å²) in [6.45, 7) is 8.51. The molecule has 0 aromatic carbocycles. The van der Waals surface area contributed by atoms with Crippen LogP contribution in [0.5, 0.6) is 0 Å². The van der Waals surface area contributed by atoms with Crippen molar-refractivity contribution in [3.05, 3.63) is 69.3 Å². The first-order valence-corrected chi connectivity index (χ1v) is 19.2. The zero-order valence-corrected chi connectivity index (χ0v) is 33.2. The molecule has 3 aromatic heterocycles. The van der Waals surface area contributed by atoms with Crippen LogP contribution in [0, 0.1) is 13.8 Å². The van der Waals surface area contributed by atoms with Crippen LogP contribution in [0.1, 0.15) is 98.4 Å². The van der Waals surface area contributed by atoms with Gasteiger partial charge in [-0.05, 0) is 122 Å². The molecule has 14 nitrogen and oxygen atoms in total. The van der Waals surface area contributed by atoms with Crippen LogP contribution in [0.4, 0.5) is 0 Å². The minimum Gasteiger partial charge on any atom is -0.394 e. The molecule has 56 heavy (non-hydrogen) atoms. The number of hydrogen-bond donors (Lipinski definition) is 10. The summed E-state index contributed by atoms with van der Waals surface area (Å²) in [5.41, 5.74) is 11.1. The lowest BCUT2D eigenvalue weighted by molar-refractivity contribution is -0.126. The van der Waals surface area contributed by atoms with Crippen LogP contribution in [0.3, 0.4) is 0 Å². The molecule has 0 unspecified atom stereocenters. The standard InChI is InChI=1S/C42H56N6O8/c1-7-27-23(3)31-13-32-25(5)29(9-11-39(55)47-41(17-49,18-50)19-51)37(45-32)16-38-30(10-12-40(56)48-42(20-52,21-53)22-54)26(6)34(46-38)15-36-28(8-2)24(4)33(44-36)14-35(27)43-31/h13-16,43,46,49-54H,7-12,17-22H2,1-6H3,(H,47,55)(H,48,56). The molecular weight excluding hydrogens is 716 g/mol. The second-order valence-corrected chi connectivity index (χ2v) is 15.0. The molecule has 5 rings (SSSR count). The minimum absolute atomic E-state index is 0.0103. The highest BCUT2D eigenvalue weighted by atomic mass is 16.3. The van der Waals surface area contributed by atoms with Gasteiger partial charge in [0.2, 0.25) is 11.8 Å². The van der Waals surface area contributed by atoms with Gasteiger partial charge in [-0.2, -0.15) is 0 Å². The van der Waals surface area contributed by atoms with E-state index >= 15 is 0 Å². The van der Waals surface area contributed by atoms with Crippen molar-refractivity contribution < 1.29 is 40.2 Å². The van der Waals surface area contributed by atoms with Crippen LogP contribution in [0.15, 0.2) is 24.3 Å². The maximum absolute atomic E-state index is 13.2. The number of H-pyrrole nitrogens is 2. The number of nitrogens with zero attached hydrogens (tertiary/aromatic N) is 2. The maximum atomic E-state index is 13.2. The molecule has 0 radical (unpaired) electrons.